The number of nitrogens with zero attached hydrogens (tertiary/aromatic N) is 4. The van der Waals surface area contributed by atoms with Crippen LogP contribution < -0.4 is 0 Å². The molecule has 0 saturated heterocycles. The van der Waals surface area contributed by atoms with E-state index in [4.69, 9.17) is 11.6 Å². The van der Waals surface area contributed by atoms with Gasteiger partial charge in [0.2, 0.25) is 0 Å². The van der Waals surface area contributed by atoms with E-state index in [0.29, 0.717) is 5.88 Å². The van der Waals surface area contributed by atoms with Crippen molar-refractivity contribution in [1.82, 2.24) is 19.3 Å². The summed E-state index contributed by atoms with van der Waals surface area (Å²) in [7, 11) is 1.97. The van der Waals surface area contributed by atoms with Crippen LogP contribution in [-0.4, -0.2) is 19.3 Å². The Bertz CT molecular complexity index is 741. The molecular formula is C15H17ClN4. The lowest BCUT2D eigenvalue weighted by Crippen LogP contribution is -2.08. The van der Waals surface area contributed by atoms with Gasteiger partial charge in [-0.25, -0.2) is 4.98 Å². The Hall–Kier alpha value is -1.81. The van der Waals surface area contributed by atoms with E-state index < -0.39 is 0 Å². The molecule has 0 saturated carbocycles. The van der Waals surface area contributed by atoms with Crippen molar-refractivity contribution in [2.24, 2.45) is 7.05 Å². The van der Waals surface area contributed by atoms with Crippen molar-refractivity contribution >= 4 is 22.6 Å². The molecule has 0 aliphatic carbocycles. The quantitative estimate of drug-likeness (QED) is 0.692. The molecule has 104 valence electrons. The van der Waals surface area contributed by atoms with Gasteiger partial charge in [-0.3, -0.25) is 4.68 Å². The predicted octanol–water partition coefficient (Wildman–Crippen LogP) is 3.06. The zero-order chi connectivity index (χ0) is 14.1. The number of alkyl halides is 1. The summed E-state index contributed by atoms with van der Waals surface area (Å²) in [5, 5.41) is 4.20. The second kappa shape index (κ2) is 5.29. The first-order chi connectivity index (χ1) is 9.70. The molecule has 2 heterocycles. The van der Waals surface area contributed by atoms with Crippen LogP contribution in [0, 0.1) is 6.92 Å². The van der Waals surface area contributed by atoms with E-state index in [1.54, 1.807) is 0 Å². The Morgan fingerprint density at radius 3 is 2.80 bits per heavy atom. The fourth-order valence-corrected chi connectivity index (χ4v) is 2.83. The summed E-state index contributed by atoms with van der Waals surface area (Å²) in [6.45, 7) is 2.98. The van der Waals surface area contributed by atoms with Crippen molar-refractivity contribution in [1.29, 1.82) is 0 Å². The molecule has 3 rings (SSSR count). The number of hydrogen-bond donors (Lipinski definition) is 0. The van der Waals surface area contributed by atoms with Crippen molar-refractivity contribution in [2.45, 2.75) is 25.8 Å². The molecular weight excluding hydrogens is 272 g/mol. The largest absolute Gasteiger partial charge is 0.326 e. The highest BCUT2D eigenvalue weighted by atomic mass is 35.5. The molecule has 0 amide bonds. The minimum absolute atomic E-state index is 0.430. The number of benzene rings is 1. The van der Waals surface area contributed by atoms with E-state index in [1.807, 2.05) is 36.1 Å². The maximum absolute atomic E-state index is 6.05. The van der Waals surface area contributed by atoms with E-state index in [0.717, 1.165) is 24.3 Å². The average molecular weight is 289 g/mol. The van der Waals surface area contributed by atoms with E-state index in [1.165, 1.54) is 16.8 Å². The molecule has 0 aliphatic heterocycles. The van der Waals surface area contributed by atoms with Crippen LogP contribution in [0.4, 0.5) is 0 Å². The van der Waals surface area contributed by atoms with Crippen molar-refractivity contribution < 1.29 is 0 Å². The monoisotopic (exact) mass is 288 g/mol. The van der Waals surface area contributed by atoms with Gasteiger partial charge in [-0.05, 0) is 24.6 Å². The number of aryl methyl sites for hydroxylation is 4. The molecule has 4 nitrogen and oxygen atoms in total. The average Bonchev–Trinajstić information content (AvgIpc) is 3.00. The number of rotatable bonds is 4. The van der Waals surface area contributed by atoms with Crippen LogP contribution in [0.25, 0.3) is 11.0 Å². The standard InChI is InChI=1S/C15H17ClN4/c1-11-4-3-5-13-15(11)20(14(10-16)18-13)9-7-12-6-8-17-19(12)2/h3-6,8H,7,9-10H2,1-2H3. The van der Waals surface area contributed by atoms with Gasteiger partial charge in [-0.1, -0.05) is 12.1 Å². The maximum atomic E-state index is 6.05. The van der Waals surface area contributed by atoms with E-state index in [9.17, 15) is 0 Å². The summed E-state index contributed by atoms with van der Waals surface area (Å²) >= 11 is 6.05. The number of aromatic nitrogens is 4. The SMILES string of the molecule is Cc1cccc2nc(CCl)n(CCc3ccnn3C)c12. The molecule has 0 aliphatic rings. The van der Waals surface area contributed by atoms with Gasteiger partial charge in [0.1, 0.15) is 5.82 Å². The predicted molar refractivity (Wildman–Crippen MR) is 80.9 cm³/mol. The van der Waals surface area contributed by atoms with Crippen molar-refractivity contribution in [2.75, 3.05) is 0 Å². The summed E-state index contributed by atoms with van der Waals surface area (Å²) in [6.07, 6.45) is 2.75. The number of imidazole rings is 1. The fourth-order valence-electron chi connectivity index (χ4n) is 2.63. The topological polar surface area (TPSA) is 35.6 Å². The lowest BCUT2D eigenvalue weighted by atomic mass is 10.2. The minimum atomic E-state index is 0.430. The molecule has 0 bridgehead atoms. The lowest BCUT2D eigenvalue weighted by molar-refractivity contribution is 0.633. The molecule has 20 heavy (non-hydrogen) atoms. The number of fused-ring (bicyclic) bond motifs is 1. The molecule has 3 aromatic rings. The van der Waals surface area contributed by atoms with E-state index >= 15 is 0 Å². The van der Waals surface area contributed by atoms with Gasteiger partial charge in [-0.15, -0.1) is 11.6 Å². The van der Waals surface area contributed by atoms with E-state index in [2.05, 4.69) is 27.6 Å². The first-order valence-electron chi connectivity index (χ1n) is 6.68. The number of hydrogen-bond acceptors (Lipinski definition) is 2. The Morgan fingerprint density at radius 2 is 2.10 bits per heavy atom. The first kappa shape index (κ1) is 13.2. The van der Waals surface area contributed by atoms with Gasteiger partial charge in [0, 0.05) is 31.9 Å². The number of para-hydroxylation sites is 1. The maximum Gasteiger partial charge on any atom is 0.124 e. The van der Waals surface area contributed by atoms with Crippen LogP contribution in [0.5, 0.6) is 0 Å². The second-order valence-electron chi connectivity index (χ2n) is 4.95. The van der Waals surface area contributed by atoms with Gasteiger partial charge < -0.3 is 4.57 Å². The van der Waals surface area contributed by atoms with Crippen molar-refractivity contribution in [3.63, 3.8) is 0 Å². The fraction of sp³-hybridized carbons (Fsp3) is 0.333. The van der Waals surface area contributed by atoms with Crippen molar-refractivity contribution in [3.8, 4) is 0 Å². The van der Waals surface area contributed by atoms with Gasteiger partial charge in [0.05, 0.1) is 16.9 Å². The van der Waals surface area contributed by atoms with Crippen molar-refractivity contribution in [3.05, 3.63) is 47.5 Å². The van der Waals surface area contributed by atoms with Gasteiger partial charge in [0.15, 0.2) is 0 Å². The Labute approximate surface area is 123 Å². The Morgan fingerprint density at radius 1 is 1.25 bits per heavy atom. The van der Waals surface area contributed by atoms with Gasteiger partial charge in [-0.2, -0.15) is 5.10 Å². The number of halogens is 1. The summed E-state index contributed by atoms with van der Waals surface area (Å²) in [5.41, 5.74) is 4.65. The van der Waals surface area contributed by atoms with Crippen LogP contribution in [0.15, 0.2) is 30.5 Å². The zero-order valence-electron chi connectivity index (χ0n) is 11.7. The van der Waals surface area contributed by atoms with Crippen LogP contribution in [-0.2, 0) is 25.9 Å². The normalized spacial score (nSPS) is 11.3. The van der Waals surface area contributed by atoms with Crippen LogP contribution in [0.3, 0.4) is 0 Å². The highest BCUT2D eigenvalue weighted by Crippen LogP contribution is 2.21. The molecule has 2 aromatic heterocycles. The summed E-state index contributed by atoms with van der Waals surface area (Å²) in [4.78, 5) is 4.62. The zero-order valence-corrected chi connectivity index (χ0v) is 12.4. The molecule has 1 aromatic carbocycles. The molecule has 0 fully saturated rings. The van der Waals surface area contributed by atoms with Crippen LogP contribution in [0.2, 0.25) is 0 Å². The minimum Gasteiger partial charge on any atom is -0.326 e. The third-order valence-electron chi connectivity index (χ3n) is 3.68. The Balaban J connectivity index is 1.99. The molecule has 0 spiro atoms. The van der Waals surface area contributed by atoms with Gasteiger partial charge >= 0.3 is 0 Å². The molecule has 0 N–H and O–H groups in total. The smallest absolute Gasteiger partial charge is 0.124 e. The third-order valence-corrected chi connectivity index (χ3v) is 3.92. The van der Waals surface area contributed by atoms with E-state index in [-0.39, 0.29) is 0 Å². The van der Waals surface area contributed by atoms with Crippen LogP contribution in [0.1, 0.15) is 17.1 Å². The van der Waals surface area contributed by atoms with Crippen LogP contribution >= 0.6 is 11.6 Å². The third kappa shape index (κ3) is 2.20. The highest BCUT2D eigenvalue weighted by molar-refractivity contribution is 6.16. The first-order valence-corrected chi connectivity index (χ1v) is 7.21. The summed E-state index contributed by atoms with van der Waals surface area (Å²) < 4.78 is 4.14. The molecule has 0 unspecified atom stereocenters. The molecule has 0 atom stereocenters. The molecule has 0 radical (unpaired) electrons. The second-order valence-corrected chi connectivity index (χ2v) is 5.22. The Kier molecular flexibility index (Phi) is 3.49. The van der Waals surface area contributed by atoms with Gasteiger partial charge in [0.25, 0.3) is 0 Å². The summed E-state index contributed by atoms with van der Waals surface area (Å²) in [6, 6.07) is 8.24. The lowest BCUT2D eigenvalue weighted by Gasteiger charge is -2.09. The highest BCUT2D eigenvalue weighted by Gasteiger charge is 2.12. The summed E-state index contributed by atoms with van der Waals surface area (Å²) in [5.74, 6) is 1.36. The molecule has 5 heteroatoms.